The number of thioether (sulfide) groups is 1. The van der Waals surface area contributed by atoms with Gasteiger partial charge in [0.15, 0.2) is 4.34 Å². The second-order valence-corrected chi connectivity index (χ2v) is 6.49. The van der Waals surface area contributed by atoms with Gasteiger partial charge in [-0.2, -0.15) is 0 Å². The minimum atomic E-state index is -0.951. The molecule has 2 N–H and O–H groups in total. The quantitative estimate of drug-likeness (QED) is 0.629. The molecule has 1 aromatic heterocycles. The molecule has 96 valence electrons. The molecule has 5 nitrogen and oxygen atoms in total. The summed E-state index contributed by atoms with van der Waals surface area (Å²) in [5.41, 5.74) is 6.69. The number of ether oxygens (including phenoxy) is 1. The summed E-state index contributed by atoms with van der Waals surface area (Å²) in [7, 11) is 0. The topological polar surface area (TPSA) is 78.1 Å². The summed E-state index contributed by atoms with van der Waals surface area (Å²) in [5.74, 6) is -0.357. The van der Waals surface area contributed by atoms with Gasteiger partial charge in [0.1, 0.15) is 11.0 Å². The molecule has 0 saturated carbocycles. The van der Waals surface area contributed by atoms with Gasteiger partial charge in [-0.05, 0) is 20.3 Å². The number of carbonyl (C=O) groups is 1. The van der Waals surface area contributed by atoms with E-state index < -0.39 is 5.54 Å². The molecule has 0 spiro atoms. The van der Waals surface area contributed by atoms with Crippen molar-refractivity contribution in [3.63, 3.8) is 0 Å². The second-order valence-electron chi connectivity index (χ2n) is 3.98. The monoisotopic (exact) mass is 275 g/mol. The fraction of sp³-hybridized carbons (Fsp3) is 0.700. The molecule has 17 heavy (non-hydrogen) atoms. The number of rotatable bonds is 6. The van der Waals surface area contributed by atoms with E-state index in [1.54, 1.807) is 31.1 Å². The number of hydrogen-bond donors (Lipinski definition) is 1. The van der Waals surface area contributed by atoms with E-state index in [9.17, 15) is 4.79 Å². The van der Waals surface area contributed by atoms with Gasteiger partial charge in [0, 0.05) is 5.25 Å². The first-order chi connectivity index (χ1) is 7.95. The minimum absolute atomic E-state index is 0.183. The molecule has 0 aliphatic rings. The number of nitrogens with zero attached hydrogens (tertiary/aromatic N) is 2. The maximum absolute atomic E-state index is 11.6. The first-order valence-electron chi connectivity index (χ1n) is 5.34. The number of nitrogens with two attached hydrogens (primary N) is 1. The highest BCUT2D eigenvalue weighted by Gasteiger charge is 2.32. The van der Waals surface area contributed by atoms with E-state index in [4.69, 9.17) is 10.5 Å². The van der Waals surface area contributed by atoms with Gasteiger partial charge < -0.3 is 10.5 Å². The van der Waals surface area contributed by atoms with Crippen molar-refractivity contribution in [1.29, 1.82) is 0 Å². The van der Waals surface area contributed by atoms with Crippen molar-refractivity contribution in [1.82, 2.24) is 10.2 Å². The highest BCUT2D eigenvalue weighted by atomic mass is 32.2. The summed E-state index contributed by atoms with van der Waals surface area (Å²) in [6.07, 6.45) is 0.538. The Morgan fingerprint density at radius 1 is 1.76 bits per heavy atom. The molecule has 0 bridgehead atoms. The Balaban J connectivity index is 2.49. The highest BCUT2D eigenvalue weighted by molar-refractivity contribution is 8.01. The van der Waals surface area contributed by atoms with Crippen LogP contribution in [0.1, 0.15) is 27.2 Å². The zero-order chi connectivity index (χ0) is 12.9. The molecular weight excluding hydrogens is 258 g/mol. The Hall–Kier alpha value is -0.660. The van der Waals surface area contributed by atoms with Crippen molar-refractivity contribution < 1.29 is 9.53 Å². The zero-order valence-corrected chi connectivity index (χ0v) is 11.8. The summed E-state index contributed by atoms with van der Waals surface area (Å²) in [4.78, 5) is 11.6. The van der Waals surface area contributed by atoms with Crippen LogP contribution in [0.15, 0.2) is 9.85 Å². The molecule has 0 aliphatic carbocycles. The van der Waals surface area contributed by atoms with E-state index in [1.807, 2.05) is 6.92 Å². The van der Waals surface area contributed by atoms with Crippen molar-refractivity contribution in [2.45, 2.75) is 42.3 Å². The van der Waals surface area contributed by atoms with E-state index in [0.29, 0.717) is 13.0 Å². The number of hydrogen-bond acceptors (Lipinski definition) is 7. The number of aromatic nitrogens is 2. The van der Waals surface area contributed by atoms with Gasteiger partial charge in [0.2, 0.25) is 0 Å². The Morgan fingerprint density at radius 3 is 3.00 bits per heavy atom. The van der Waals surface area contributed by atoms with Gasteiger partial charge in [-0.25, -0.2) is 0 Å². The van der Waals surface area contributed by atoms with Crippen LogP contribution < -0.4 is 5.73 Å². The summed E-state index contributed by atoms with van der Waals surface area (Å²) in [5, 5.41) is 7.89. The lowest BCUT2D eigenvalue weighted by Gasteiger charge is -2.24. The molecule has 2 atom stereocenters. The number of carbonyl (C=O) groups excluding carboxylic acids is 1. The Morgan fingerprint density at radius 2 is 2.47 bits per heavy atom. The minimum Gasteiger partial charge on any atom is -0.465 e. The summed E-state index contributed by atoms with van der Waals surface area (Å²) in [6, 6.07) is 0. The molecule has 0 fully saturated rings. The van der Waals surface area contributed by atoms with Crippen LogP contribution >= 0.6 is 23.1 Å². The fourth-order valence-corrected chi connectivity index (χ4v) is 3.40. The SMILES string of the molecule is CCOC(=O)C(C)(N)CC(C)Sc1nncs1. The van der Waals surface area contributed by atoms with E-state index in [0.717, 1.165) is 4.34 Å². The summed E-state index contributed by atoms with van der Waals surface area (Å²) in [6.45, 7) is 5.83. The van der Waals surface area contributed by atoms with Crippen molar-refractivity contribution in [3.8, 4) is 0 Å². The lowest BCUT2D eigenvalue weighted by atomic mass is 9.98. The van der Waals surface area contributed by atoms with Gasteiger partial charge in [0.25, 0.3) is 0 Å². The van der Waals surface area contributed by atoms with Gasteiger partial charge >= 0.3 is 5.97 Å². The summed E-state index contributed by atoms with van der Waals surface area (Å²) >= 11 is 3.05. The maximum Gasteiger partial charge on any atom is 0.325 e. The first-order valence-corrected chi connectivity index (χ1v) is 7.10. The average Bonchev–Trinajstić information content (AvgIpc) is 2.69. The van der Waals surface area contributed by atoms with Crippen LogP contribution in [-0.4, -0.2) is 33.6 Å². The summed E-state index contributed by atoms with van der Waals surface area (Å²) < 4.78 is 5.83. The third kappa shape index (κ3) is 4.61. The van der Waals surface area contributed by atoms with Crippen molar-refractivity contribution in [2.75, 3.05) is 6.61 Å². The molecule has 2 unspecified atom stereocenters. The Kier molecular flexibility index (Phi) is 5.35. The first kappa shape index (κ1) is 14.4. The number of esters is 1. The van der Waals surface area contributed by atoms with Crippen LogP contribution in [0.2, 0.25) is 0 Å². The van der Waals surface area contributed by atoms with Crippen molar-refractivity contribution in [2.24, 2.45) is 5.73 Å². The molecule has 0 radical (unpaired) electrons. The molecule has 7 heteroatoms. The lowest BCUT2D eigenvalue weighted by Crippen LogP contribution is -2.47. The molecule has 0 amide bonds. The molecule has 0 saturated heterocycles. The highest BCUT2D eigenvalue weighted by Crippen LogP contribution is 2.29. The average molecular weight is 275 g/mol. The van der Waals surface area contributed by atoms with Crippen LogP contribution in [-0.2, 0) is 9.53 Å². The van der Waals surface area contributed by atoms with Gasteiger partial charge in [0.05, 0.1) is 6.61 Å². The van der Waals surface area contributed by atoms with Crippen molar-refractivity contribution >= 4 is 29.1 Å². The van der Waals surface area contributed by atoms with Crippen LogP contribution in [0.5, 0.6) is 0 Å². The van der Waals surface area contributed by atoms with Gasteiger partial charge in [-0.1, -0.05) is 30.0 Å². The maximum atomic E-state index is 11.6. The third-order valence-corrected chi connectivity index (χ3v) is 4.01. The lowest BCUT2D eigenvalue weighted by molar-refractivity contribution is -0.149. The van der Waals surface area contributed by atoms with E-state index in [-0.39, 0.29) is 11.2 Å². The van der Waals surface area contributed by atoms with Crippen LogP contribution in [0, 0.1) is 0 Å². The third-order valence-electron chi connectivity index (χ3n) is 2.10. The Labute approximate surface area is 109 Å². The van der Waals surface area contributed by atoms with Crippen LogP contribution in [0.4, 0.5) is 0 Å². The molecular formula is C10H17N3O2S2. The van der Waals surface area contributed by atoms with Gasteiger partial charge in [-0.15, -0.1) is 10.2 Å². The second kappa shape index (κ2) is 6.32. The predicted octanol–water partition coefficient (Wildman–Crippen LogP) is 1.69. The normalized spacial score (nSPS) is 16.2. The van der Waals surface area contributed by atoms with E-state index >= 15 is 0 Å². The van der Waals surface area contributed by atoms with E-state index in [1.165, 1.54) is 11.3 Å². The molecule has 1 heterocycles. The molecule has 1 rings (SSSR count). The Bertz CT molecular complexity index is 354. The van der Waals surface area contributed by atoms with E-state index in [2.05, 4.69) is 10.2 Å². The predicted molar refractivity (Wildman–Crippen MR) is 69.1 cm³/mol. The largest absolute Gasteiger partial charge is 0.465 e. The smallest absolute Gasteiger partial charge is 0.325 e. The van der Waals surface area contributed by atoms with Crippen LogP contribution in [0.3, 0.4) is 0 Å². The fourth-order valence-electron chi connectivity index (χ4n) is 1.40. The standard InChI is InChI=1S/C10H17N3O2S2/c1-4-15-8(14)10(3,11)5-7(2)17-9-13-12-6-16-9/h6-7H,4-5,11H2,1-3H3. The molecule has 0 aliphatic heterocycles. The van der Waals surface area contributed by atoms with Crippen LogP contribution in [0.25, 0.3) is 0 Å². The van der Waals surface area contributed by atoms with Crippen molar-refractivity contribution in [3.05, 3.63) is 5.51 Å². The zero-order valence-electron chi connectivity index (χ0n) is 10.2. The van der Waals surface area contributed by atoms with Gasteiger partial charge in [-0.3, -0.25) is 4.79 Å². The molecule has 0 aromatic carbocycles. The molecule has 1 aromatic rings.